The molecule has 0 aliphatic rings. The van der Waals surface area contributed by atoms with Gasteiger partial charge in [0.25, 0.3) is 0 Å². The van der Waals surface area contributed by atoms with Gasteiger partial charge in [-0.25, -0.2) is 10.8 Å². The highest BCUT2D eigenvalue weighted by molar-refractivity contribution is 5.38. The number of anilines is 2. The summed E-state index contributed by atoms with van der Waals surface area (Å²) in [6, 6.07) is 1.79. The smallest absolute Gasteiger partial charge is 0.239 e. The van der Waals surface area contributed by atoms with E-state index in [1.165, 1.54) is 0 Å². The van der Waals surface area contributed by atoms with Gasteiger partial charge in [-0.2, -0.15) is 4.98 Å². The number of aromatic nitrogens is 2. The van der Waals surface area contributed by atoms with Crippen LogP contribution >= 0.6 is 0 Å². The van der Waals surface area contributed by atoms with Crippen molar-refractivity contribution in [1.29, 1.82) is 0 Å². The maximum Gasteiger partial charge on any atom is 0.239 e. The number of nitrogen functional groups attached to an aromatic ring is 1. The summed E-state index contributed by atoms with van der Waals surface area (Å²) in [5.41, 5.74) is 2.40. The van der Waals surface area contributed by atoms with Crippen LogP contribution in [0.25, 0.3) is 0 Å². The Labute approximate surface area is 102 Å². The van der Waals surface area contributed by atoms with Gasteiger partial charge in [0.2, 0.25) is 5.95 Å². The third kappa shape index (κ3) is 6.03. The van der Waals surface area contributed by atoms with Crippen LogP contribution in [0.15, 0.2) is 12.3 Å². The molecule has 1 heterocycles. The molecule has 1 aromatic rings. The van der Waals surface area contributed by atoms with E-state index in [-0.39, 0.29) is 0 Å². The lowest BCUT2D eigenvalue weighted by atomic mass is 10.1. The highest BCUT2D eigenvalue weighted by atomic mass is 16.5. The second kappa shape index (κ2) is 7.81. The summed E-state index contributed by atoms with van der Waals surface area (Å²) in [6.07, 6.45) is 2.74. The minimum atomic E-state index is 0.399. The Morgan fingerprint density at radius 1 is 1.41 bits per heavy atom. The second-order valence-electron chi connectivity index (χ2n) is 4.13. The number of rotatable bonds is 8. The Kier molecular flexibility index (Phi) is 6.27. The van der Waals surface area contributed by atoms with Gasteiger partial charge in [-0.15, -0.1) is 0 Å². The van der Waals surface area contributed by atoms with Gasteiger partial charge in [0.15, 0.2) is 0 Å². The second-order valence-corrected chi connectivity index (χ2v) is 4.13. The fourth-order valence-corrected chi connectivity index (χ4v) is 1.20. The van der Waals surface area contributed by atoms with E-state index in [4.69, 9.17) is 10.6 Å². The third-order valence-electron chi connectivity index (χ3n) is 2.18. The number of nitrogens with two attached hydrogens (primary N) is 1. The number of hydrazine groups is 1. The van der Waals surface area contributed by atoms with E-state index in [1.807, 2.05) is 0 Å². The molecule has 0 aliphatic carbocycles. The Bertz CT molecular complexity index is 318. The van der Waals surface area contributed by atoms with E-state index in [0.29, 0.717) is 18.5 Å². The normalized spacial score (nSPS) is 10.6. The Morgan fingerprint density at radius 3 is 2.94 bits per heavy atom. The van der Waals surface area contributed by atoms with Crippen molar-refractivity contribution in [2.75, 3.05) is 30.5 Å². The van der Waals surface area contributed by atoms with E-state index in [9.17, 15) is 0 Å². The van der Waals surface area contributed by atoms with Crippen LogP contribution < -0.4 is 16.6 Å². The molecule has 0 unspecified atom stereocenters. The summed E-state index contributed by atoms with van der Waals surface area (Å²) in [7, 11) is 0. The van der Waals surface area contributed by atoms with Gasteiger partial charge in [0.05, 0.1) is 6.61 Å². The number of ether oxygens (including phenoxy) is 1. The Balaban J connectivity index is 2.13. The lowest BCUT2D eigenvalue weighted by Gasteiger charge is -2.08. The molecule has 17 heavy (non-hydrogen) atoms. The molecular weight excluding hydrogens is 218 g/mol. The summed E-state index contributed by atoms with van der Waals surface area (Å²) in [4.78, 5) is 8.04. The molecule has 0 bridgehead atoms. The molecular formula is C11H21N5O. The average molecular weight is 239 g/mol. The predicted octanol–water partition coefficient (Wildman–Crippen LogP) is 1.24. The van der Waals surface area contributed by atoms with Crippen molar-refractivity contribution in [3.05, 3.63) is 12.3 Å². The molecule has 6 heteroatoms. The first kappa shape index (κ1) is 13.7. The quantitative estimate of drug-likeness (QED) is 0.359. The zero-order valence-corrected chi connectivity index (χ0v) is 10.4. The van der Waals surface area contributed by atoms with Crippen LogP contribution in [-0.4, -0.2) is 29.7 Å². The van der Waals surface area contributed by atoms with Crippen LogP contribution in [-0.2, 0) is 4.74 Å². The van der Waals surface area contributed by atoms with E-state index in [1.54, 1.807) is 12.3 Å². The van der Waals surface area contributed by atoms with E-state index < -0.39 is 0 Å². The SMILES string of the molecule is CC(C)CCOCCNc1ccnc(NN)n1. The van der Waals surface area contributed by atoms with E-state index >= 15 is 0 Å². The van der Waals surface area contributed by atoms with Crippen molar-refractivity contribution in [3.63, 3.8) is 0 Å². The number of hydrogen-bond donors (Lipinski definition) is 3. The zero-order chi connectivity index (χ0) is 12.5. The molecule has 0 fully saturated rings. The summed E-state index contributed by atoms with van der Waals surface area (Å²) >= 11 is 0. The molecule has 0 aromatic carbocycles. The summed E-state index contributed by atoms with van der Waals surface area (Å²) in [6.45, 7) is 6.56. The zero-order valence-electron chi connectivity index (χ0n) is 10.4. The van der Waals surface area contributed by atoms with Crippen LogP contribution in [0.3, 0.4) is 0 Å². The Morgan fingerprint density at radius 2 is 2.24 bits per heavy atom. The first-order valence-corrected chi connectivity index (χ1v) is 5.83. The van der Waals surface area contributed by atoms with Gasteiger partial charge in [-0.05, 0) is 18.4 Å². The lowest BCUT2D eigenvalue weighted by Crippen LogP contribution is -2.14. The van der Waals surface area contributed by atoms with Crippen molar-refractivity contribution in [2.45, 2.75) is 20.3 Å². The molecule has 0 radical (unpaired) electrons. The maximum atomic E-state index is 5.48. The molecule has 0 atom stereocenters. The molecule has 4 N–H and O–H groups in total. The molecule has 0 saturated heterocycles. The van der Waals surface area contributed by atoms with E-state index in [2.05, 4.69) is 34.6 Å². The van der Waals surface area contributed by atoms with Crippen molar-refractivity contribution < 1.29 is 4.74 Å². The van der Waals surface area contributed by atoms with Gasteiger partial charge in [0, 0.05) is 19.3 Å². The number of hydrogen-bond acceptors (Lipinski definition) is 6. The number of nitrogens with one attached hydrogen (secondary N) is 2. The first-order chi connectivity index (χ1) is 8.22. The van der Waals surface area contributed by atoms with Crippen LogP contribution in [0, 0.1) is 5.92 Å². The van der Waals surface area contributed by atoms with E-state index in [0.717, 1.165) is 25.4 Å². The van der Waals surface area contributed by atoms with Crippen LogP contribution in [0.5, 0.6) is 0 Å². The Hall–Kier alpha value is -1.40. The largest absolute Gasteiger partial charge is 0.380 e. The van der Waals surface area contributed by atoms with Crippen LogP contribution in [0.2, 0.25) is 0 Å². The highest BCUT2D eigenvalue weighted by Gasteiger charge is 1.97. The van der Waals surface area contributed by atoms with Crippen LogP contribution in [0.1, 0.15) is 20.3 Å². The highest BCUT2D eigenvalue weighted by Crippen LogP contribution is 2.03. The fourth-order valence-electron chi connectivity index (χ4n) is 1.20. The van der Waals surface area contributed by atoms with Crippen molar-refractivity contribution in [3.8, 4) is 0 Å². The van der Waals surface area contributed by atoms with Gasteiger partial charge < -0.3 is 10.1 Å². The maximum absolute atomic E-state index is 5.48. The van der Waals surface area contributed by atoms with Crippen molar-refractivity contribution >= 4 is 11.8 Å². The third-order valence-corrected chi connectivity index (χ3v) is 2.18. The molecule has 96 valence electrons. The summed E-state index contributed by atoms with van der Waals surface area (Å²) in [5.74, 6) is 7.03. The van der Waals surface area contributed by atoms with Gasteiger partial charge in [-0.3, -0.25) is 5.43 Å². The minimum absolute atomic E-state index is 0.399. The molecule has 1 aromatic heterocycles. The fraction of sp³-hybridized carbons (Fsp3) is 0.636. The monoisotopic (exact) mass is 239 g/mol. The summed E-state index contributed by atoms with van der Waals surface area (Å²) < 4.78 is 5.48. The van der Waals surface area contributed by atoms with Gasteiger partial charge in [0.1, 0.15) is 5.82 Å². The lowest BCUT2D eigenvalue weighted by molar-refractivity contribution is 0.132. The molecule has 0 aliphatic heterocycles. The number of nitrogens with zero attached hydrogens (tertiary/aromatic N) is 2. The van der Waals surface area contributed by atoms with Gasteiger partial charge in [-0.1, -0.05) is 13.8 Å². The standard InChI is InChI=1S/C11H21N5O/c1-9(2)4-7-17-8-6-13-10-3-5-14-11(15-10)16-12/h3,5,9H,4,6-8,12H2,1-2H3,(H2,13,14,15,16). The summed E-state index contributed by atoms with van der Waals surface area (Å²) in [5, 5.41) is 3.14. The average Bonchev–Trinajstić information content (AvgIpc) is 2.33. The van der Waals surface area contributed by atoms with Crippen molar-refractivity contribution in [1.82, 2.24) is 9.97 Å². The molecule has 1 rings (SSSR count). The molecule has 0 saturated carbocycles. The predicted molar refractivity (Wildman–Crippen MR) is 68.6 cm³/mol. The topological polar surface area (TPSA) is 85.1 Å². The van der Waals surface area contributed by atoms with Gasteiger partial charge >= 0.3 is 0 Å². The molecule has 6 nitrogen and oxygen atoms in total. The molecule has 0 amide bonds. The van der Waals surface area contributed by atoms with Crippen LogP contribution in [0.4, 0.5) is 11.8 Å². The minimum Gasteiger partial charge on any atom is -0.380 e. The first-order valence-electron chi connectivity index (χ1n) is 5.83. The van der Waals surface area contributed by atoms with Crippen molar-refractivity contribution in [2.24, 2.45) is 11.8 Å². The molecule has 0 spiro atoms.